The van der Waals surface area contributed by atoms with E-state index in [2.05, 4.69) is 15.2 Å². The molecule has 1 aromatic carbocycles. The number of carbonyl (C=O) groups excluding carboxylic acids is 3. The summed E-state index contributed by atoms with van der Waals surface area (Å²) in [6.45, 7) is 6.01. The van der Waals surface area contributed by atoms with E-state index in [1.54, 1.807) is 26.0 Å². The van der Waals surface area contributed by atoms with Gasteiger partial charge in [0.1, 0.15) is 11.4 Å². The second-order valence-electron chi connectivity index (χ2n) is 9.51. The highest BCUT2D eigenvalue weighted by molar-refractivity contribution is 8.00. The largest absolute Gasteiger partial charge is 0.446 e. The van der Waals surface area contributed by atoms with E-state index >= 15 is 0 Å². The van der Waals surface area contributed by atoms with Crippen LogP contribution in [0.5, 0.6) is 0 Å². The number of likely N-dealkylation sites (tertiary alicyclic amines) is 1. The Morgan fingerprint density at radius 3 is 2.43 bits per heavy atom. The van der Waals surface area contributed by atoms with E-state index < -0.39 is 23.0 Å². The van der Waals surface area contributed by atoms with Gasteiger partial charge in [-0.15, -0.1) is 0 Å². The fraction of sp³-hybridized carbons (Fsp3) is 0.440. The number of hydrogen-bond donors (Lipinski definition) is 1. The molecule has 0 spiro atoms. The van der Waals surface area contributed by atoms with Gasteiger partial charge in [-0.1, -0.05) is 0 Å². The molecular weight excluding hydrogens is 507 g/mol. The Hall–Kier alpha value is -3.12. The molecule has 0 unspecified atom stereocenters. The van der Waals surface area contributed by atoms with E-state index in [-0.39, 0.29) is 34.8 Å². The second kappa shape index (κ2) is 10.7. The van der Waals surface area contributed by atoms with Gasteiger partial charge in [-0.25, -0.2) is 14.7 Å². The molecule has 0 saturated carbocycles. The number of halogens is 3. The summed E-state index contributed by atoms with van der Waals surface area (Å²) in [6.07, 6.45) is 4.18. The normalized spacial score (nSPS) is 18.1. The lowest BCUT2D eigenvalue weighted by atomic mass is 10.0. The Morgan fingerprint density at radius 1 is 1.11 bits per heavy atom. The number of imide groups is 1. The highest BCUT2D eigenvalue weighted by atomic mass is 32.2. The van der Waals surface area contributed by atoms with E-state index in [4.69, 9.17) is 0 Å². The number of rotatable bonds is 8. The minimum atomic E-state index is -4.43. The number of aromatic nitrogens is 1. The van der Waals surface area contributed by atoms with Gasteiger partial charge in [0.25, 0.3) is 5.91 Å². The van der Waals surface area contributed by atoms with E-state index in [9.17, 15) is 27.6 Å². The van der Waals surface area contributed by atoms with Crippen LogP contribution in [-0.2, 0) is 16.1 Å². The zero-order valence-electron chi connectivity index (χ0n) is 20.5. The van der Waals surface area contributed by atoms with Crippen molar-refractivity contribution in [2.45, 2.75) is 55.6 Å². The number of amides is 4. The van der Waals surface area contributed by atoms with Gasteiger partial charge >= 0.3 is 11.5 Å². The zero-order valence-corrected chi connectivity index (χ0v) is 21.4. The van der Waals surface area contributed by atoms with Gasteiger partial charge in [-0.3, -0.25) is 9.59 Å². The number of benzene rings is 1. The van der Waals surface area contributed by atoms with Crippen LogP contribution < -0.4 is 10.2 Å². The fourth-order valence-corrected chi connectivity index (χ4v) is 4.96. The Morgan fingerprint density at radius 2 is 1.78 bits per heavy atom. The smallest absolute Gasteiger partial charge is 0.311 e. The number of anilines is 2. The second-order valence-corrected chi connectivity index (χ2v) is 10.6. The summed E-state index contributed by atoms with van der Waals surface area (Å²) in [4.78, 5) is 47.6. The molecule has 0 atom stereocenters. The van der Waals surface area contributed by atoms with Crippen molar-refractivity contribution >= 4 is 41.1 Å². The molecule has 2 saturated heterocycles. The molecule has 0 bridgehead atoms. The summed E-state index contributed by atoms with van der Waals surface area (Å²) < 4.78 is 37.9. The third-order valence-corrected chi connectivity index (χ3v) is 7.18. The van der Waals surface area contributed by atoms with E-state index in [0.29, 0.717) is 24.3 Å². The van der Waals surface area contributed by atoms with Crippen molar-refractivity contribution in [1.82, 2.24) is 14.8 Å². The van der Waals surface area contributed by atoms with Crippen LogP contribution in [0.2, 0.25) is 0 Å². The van der Waals surface area contributed by atoms with Gasteiger partial charge in [-0.2, -0.15) is 13.2 Å². The predicted octanol–water partition coefficient (Wildman–Crippen LogP) is 4.87. The van der Waals surface area contributed by atoms with Crippen molar-refractivity contribution in [3.05, 3.63) is 48.2 Å². The van der Waals surface area contributed by atoms with Crippen LogP contribution in [0.3, 0.4) is 0 Å². The third kappa shape index (κ3) is 6.42. The van der Waals surface area contributed by atoms with Gasteiger partial charge in [0.15, 0.2) is 0 Å². The summed E-state index contributed by atoms with van der Waals surface area (Å²) in [5, 5.41) is 2.79. The minimum absolute atomic E-state index is 0.0433. The van der Waals surface area contributed by atoms with Crippen LogP contribution in [0.25, 0.3) is 0 Å². The molecule has 0 radical (unpaired) electrons. The van der Waals surface area contributed by atoms with Crippen molar-refractivity contribution in [3.8, 4) is 0 Å². The summed E-state index contributed by atoms with van der Waals surface area (Å²) in [6, 6.07) is 7.88. The van der Waals surface area contributed by atoms with Crippen LogP contribution >= 0.6 is 11.8 Å². The summed E-state index contributed by atoms with van der Waals surface area (Å²) in [7, 11) is 0. The highest BCUT2D eigenvalue weighted by Crippen LogP contribution is 2.39. The van der Waals surface area contributed by atoms with Crippen molar-refractivity contribution in [1.29, 1.82) is 0 Å². The number of pyridine rings is 1. The van der Waals surface area contributed by atoms with Gasteiger partial charge in [0.2, 0.25) is 5.91 Å². The number of nitrogens with zero attached hydrogens (tertiary/aromatic N) is 4. The van der Waals surface area contributed by atoms with Gasteiger partial charge in [0.05, 0.1) is 5.69 Å². The molecule has 8 nitrogen and oxygen atoms in total. The standard InChI is InChI=1S/C25H28F3N5O3S/c1-24(2)22(35)33(18-5-7-19(8-6-18)37-25(26,27)28)23(36)32(24)16-17-9-11-29-20(15-17)30-21(34)10-14-31-12-3-4-13-31/h5-9,11,15H,3-4,10,12-14,16H2,1-2H3,(H,29,30,34). The number of urea groups is 1. The Balaban J connectivity index is 1.43. The van der Waals surface area contributed by atoms with E-state index in [0.717, 1.165) is 30.8 Å². The lowest BCUT2D eigenvalue weighted by Gasteiger charge is -2.27. The Labute approximate surface area is 217 Å². The molecule has 2 aliphatic rings. The summed E-state index contributed by atoms with van der Waals surface area (Å²) >= 11 is -0.267. The van der Waals surface area contributed by atoms with Gasteiger partial charge in [-0.05, 0) is 93.5 Å². The van der Waals surface area contributed by atoms with E-state index in [1.165, 1.54) is 35.4 Å². The van der Waals surface area contributed by atoms with Crippen LogP contribution in [0, 0.1) is 0 Å². The maximum absolute atomic E-state index is 13.3. The Kier molecular flexibility index (Phi) is 7.79. The van der Waals surface area contributed by atoms with Crippen molar-refractivity contribution < 1.29 is 27.6 Å². The molecule has 2 aliphatic heterocycles. The van der Waals surface area contributed by atoms with Crippen LogP contribution in [0.4, 0.5) is 29.5 Å². The minimum Gasteiger partial charge on any atom is -0.311 e. The lowest BCUT2D eigenvalue weighted by molar-refractivity contribution is -0.123. The first-order valence-electron chi connectivity index (χ1n) is 11.9. The Bertz CT molecular complexity index is 1170. The van der Waals surface area contributed by atoms with Crippen LogP contribution in [0.1, 0.15) is 38.7 Å². The number of nitrogens with one attached hydrogen (secondary N) is 1. The lowest BCUT2D eigenvalue weighted by Crippen LogP contribution is -2.43. The number of thioether (sulfide) groups is 1. The first kappa shape index (κ1) is 26.9. The van der Waals surface area contributed by atoms with Gasteiger partial charge < -0.3 is 15.1 Å². The third-order valence-electron chi connectivity index (χ3n) is 6.44. The maximum Gasteiger partial charge on any atom is 0.446 e. The van der Waals surface area contributed by atoms with Gasteiger partial charge in [0, 0.05) is 30.6 Å². The van der Waals surface area contributed by atoms with E-state index in [1.807, 2.05) is 0 Å². The molecule has 1 N–H and O–H groups in total. The summed E-state index contributed by atoms with van der Waals surface area (Å²) in [5.74, 6) is -0.282. The average Bonchev–Trinajstić information content (AvgIpc) is 3.40. The average molecular weight is 536 g/mol. The molecule has 2 fully saturated rings. The maximum atomic E-state index is 13.3. The van der Waals surface area contributed by atoms with Crippen molar-refractivity contribution in [2.75, 3.05) is 29.9 Å². The monoisotopic (exact) mass is 535 g/mol. The quantitative estimate of drug-likeness (QED) is 0.384. The molecule has 198 valence electrons. The molecule has 3 heterocycles. The number of alkyl halides is 3. The molecule has 12 heteroatoms. The van der Waals surface area contributed by atoms with Crippen molar-refractivity contribution in [3.63, 3.8) is 0 Å². The topological polar surface area (TPSA) is 85.9 Å². The highest BCUT2D eigenvalue weighted by Gasteiger charge is 2.51. The molecule has 0 aliphatic carbocycles. The number of hydrogen-bond acceptors (Lipinski definition) is 6. The van der Waals surface area contributed by atoms with Crippen LogP contribution in [0.15, 0.2) is 47.5 Å². The first-order valence-corrected chi connectivity index (χ1v) is 12.7. The molecule has 4 rings (SSSR count). The summed E-state index contributed by atoms with van der Waals surface area (Å²) in [5.41, 5.74) is -4.77. The molecule has 37 heavy (non-hydrogen) atoms. The molecule has 4 amide bonds. The molecule has 2 aromatic rings. The van der Waals surface area contributed by atoms with Crippen molar-refractivity contribution in [2.24, 2.45) is 0 Å². The number of carbonyl (C=O) groups is 3. The van der Waals surface area contributed by atoms with Crippen LogP contribution in [-0.4, -0.2) is 63.3 Å². The predicted molar refractivity (Wildman–Crippen MR) is 134 cm³/mol. The first-order chi connectivity index (χ1) is 17.4. The molecule has 1 aromatic heterocycles. The SMILES string of the molecule is CC1(C)C(=O)N(c2ccc(SC(F)(F)F)cc2)C(=O)N1Cc1ccnc(NC(=O)CCN2CCCC2)c1. The zero-order chi connectivity index (χ0) is 26.8. The molecular formula is C25H28F3N5O3S. The fourth-order valence-electron chi connectivity index (χ4n) is 4.42.